The quantitative estimate of drug-likeness (QED) is 0.506. The van der Waals surface area contributed by atoms with E-state index in [0.29, 0.717) is 13.0 Å². The van der Waals surface area contributed by atoms with Gasteiger partial charge in [0.15, 0.2) is 0 Å². The number of carbonyl (C=O) groups excluding carboxylic acids is 1. The van der Waals surface area contributed by atoms with Crippen LogP contribution >= 0.6 is 0 Å². The van der Waals surface area contributed by atoms with Crippen LogP contribution in [0.5, 0.6) is 0 Å². The van der Waals surface area contributed by atoms with Gasteiger partial charge in [-0.2, -0.15) is 0 Å². The Hall–Kier alpha value is -0.570. The second-order valence-corrected chi connectivity index (χ2v) is 3.58. The third kappa shape index (κ3) is 4.27. The summed E-state index contributed by atoms with van der Waals surface area (Å²) in [6.07, 6.45) is 6.90. The third-order valence-electron chi connectivity index (χ3n) is 2.40. The number of hydrogen-bond donors (Lipinski definition) is 1. The van der Waals surface area contributed by atoms with Crippen LogP contribution in [-0.4, -0.2) is 23.8 Å². The molecule has 1 unspecified atom stereocenters. The van der Waals surface area contributed by atoms with E-state index in [4.69, 9.17) is 9.84 Å². The number of carbonyl (C=O) groups is 1. The summed E-state index contributed by atoms with van der Waals surface area (Å²) in [4.78, 5) is 10.7. The van der Waals surface area contributed by atoms with E-state index >= 15 is 0 Å². The number of esters is 1. The first-order chi connectivity index (χ1) is 6.33. The number of unbranched alkanes of at least 4 members (excludes halogenated alkanes) is 3. The second kappa shape index (κ2) is 5.97. The molecule has 76 valence electrons. The highest BCUT2D eigenvalue weighted by atomic mass is 16.5. The Labute approximate surface area is 79.1 Å². The van der Waals surface area contributed by atoms with E-state index < -0.39 is 0 Å². The maximum absolute atomic E-state index is 10.7. The summed E-state index contributed by atoms with van der Waals surface area (Å²) in [6.45, 7) is 0.290. The smallest absolute Gasteiger partial charge is 0.306 e. The van der Waals surface area contributed by atoms with Gasteiger partial charge < -0.3 is 9.84 Å². The largest absolute Gasteiger partial charge is 0.462 e. The van der Waals surface area contributed by atoms with Gasteiger partial charge in [-0.25, -0.2) is 0 Å². The van der Waals surface area contributed by atoms with Crippen molar-refractivity contribution < 1.29 is 14.6 Å². The molecule has 0 amide bonds. The lowest BCUT2D eigenvalue weighted by molar-refractivity contribution is -0.141. The van der Waals surface area contributed by atoms with Gasteiger partial charge in [-0.3, -0.25) is 4.79 Å². The minimum Gasteiger partial charge on any atom is -0.462 e. The molecule has 0 aromatic carbocycles. The Bertz CT molecular complexity index is 156. The Morgan fingerprint density at radius 2 is 2.08 bits per heavy atom. The number of aliphatic hydroxyl groups is 1. The minimum atomic E-state index is -0.0413. The van der Waals surface area contributed by atoms with Gasteiger partial charge in [-0.1, -0.05) is 12.8 Å². The van der Waals surface area contributed by atoms with Gasteiger partial charge in [-0.15, -0.1) is 0 Å². The molecule has 1 aliphatic heterocycles. The molecule has 1 atom stereocenters. The fourth-order valence-electron chi connectivity index (χ4n) is 1.62. The predicted octanol–water partition coefficient (Wildman–Crippen LogP) is 1.63. The van der Waals surface area contributed by atoms with Gasteiger partial charge in [0, 0.05) is 13.0 Å². The average molecular weight is 186 g/mol. The topological polar surface area (TPSA) is 46.5 Å². The molecule has 1 heterocycles. The molecule has 1 N–H and O–H groups in total. The molecule has 1 saturated heterocycles. The van der Waals surface area contributed by atoms with Crippen LogP contribution in [0.3, 0.4) is 0 Å². The van der Waals surface area contributed by atoms with Gasteiger partial charge >= 0.3 is 5.97 Å². The molecular weight excluding hydrogens is 168 g/mol. The van der Waals surface area contributed by atoms with Crippen LogP contribution in [0.15, 0.2) is 0 Å². The summed E-state index contributed by atoms with van der Waals surface area (Å²) >= 11 is 0. The van der Waals surface area contributed by atoms with Gasteiger partial charge in [0.25, 0.3) is 0 Å². The zero-order valence-electron chi connectivity index (χ0n) is 8.00. The molecule has 0 aromatic rings. The zero-order valence-corrected chi connectivity index (χ0v) is 8.00. The maximum Gasteiger partial charge on any atom is 0.306 e. The van der Waals surface area contributed by atoms with E-state index in [1.807, 2.05) is 0 Å². The van der Waals surface area contributed by atoms with Crippen molar-refractivity contribution in [3.8, 4) is 0 Å². The van der Waals surface area contributed by atoms with Crippen molar-refractivity contribution in [1.82, 2.24) is 0 Å². The average Bonchev–Trinajstić information content (AvgIpc) is 2.51. The molecule has 1 rings (SSSR count). The van der Waals surface area contributed by atoms with Crippen LogP contribution in [0.1, 0.15) is 44.9 Å². The number of cyclic esters (lactones) is 1. The van der Waals surface area contributed by atoms with E-state index in [2.05, 4.69) is 0 Å². The fraction of sp³-hybridized carbons (Fsp3) is 0.900. The van der Waals surface area contributed by atoms with Crippen molar-refractivity contribution in [2.75, 3.05) is 6.61 Å². The summed E-state index contributed by atoms with van der Waals surface area (Å²) in [5.41, 5.74) is 0. The number of aliphatic hydroxyl groups excluding tert-OH is 1. The van der Waals surface area contributed by atoms with Crippen molar-refractivity contribution in [2.24, 2.45) is 0 Å². The lowest BCUT2D eigenvalue weighted by Gasteiger charge is -2.07. The lowest BCUT2D eigenvalue weighted by atomic mass is 10.1. The monoisotopic (exact) mass is 186 g/mol. The molecule has 3 nitrogen and oxygen atoms in total. The SMILES string of the molecule is O=C1CCC(CCCCCCO)O1. The van der Waals surface area contributed by atoms with Crippen LogP contribution < -0.4 is 0 Å². The van der Waals surface area contributed by atoms with Crippen molar-refractivity contribution in [3.05, 3.63) is 0 Å². The molecule has 0 aromatic heterocycles. The Balaban J connectivity index is 1.91. The molecule has 1 fully saturated rings. The standard InChI is InChI=1S/C10H18O3/c11-8-4-2-1-3-5-9-6-7-10(12)13-9/h9,11H,1-8H2. The van der Waals surface area contributed by atoms with E-state index in [-0.39, 0.29) is 12.1 Å². The van der Waals surface area contributed by atoms with Crippen molar-refractivity contribution in [3.63, 3.8) is 0 Å². The van der Waals surface area contributed by atoms with E-state index in [9.17, 15) is 4.79 Å². The van der Waals surface area contributed by atoms with Crippen molar-refractivity contribution in [2.45, 2.75) is 51.0 Å². The maximum atomic E-state index is 10.7. The highest BCUT2D eigenvalue weighted by Gasteiger charge is 2.22. The van der Waals surface area contributed by atoms with Gasteiger partial charge in [0.1, 0.15) is 6.10 Å². The second-order valence-electron chi connectivity index (χ2n) is 3.58. The summed E-state index contributed by atoms with van der Waals surface area (Å²) in [7, 11) is 0. The predicted molar refractivity (Wildman–Crippen MR) is 49.3 cm³/mol. The number of rotatable bonds is 6. The lowest BCUT2D eigenvalue weighted by Crippen LogP contribution is -2.06. The normalized spacial score (nSPS) is 21.9. The summed E-state index contributed by atoms with van der Waals surface area (Å²) in [5.74, 6) is -0.0413. The van der Waals surface area contributed by atoms with Crippen LogP contribution in [0.25, 0.3) is 0 Å². The first-order valence-corrected chi connectivity index (χ1v) is 5.13. The van der Waals surface area contributed by atoms with Crippen LogP contribution in [0.2, 0.25) is 0 Å². The minimum absolute atomic E-state index is 0.0413. The molecule has 1 aliphatic rings. The zero-order chi connectivity index (χ0) is 9.52. The Morgan fingerprint density at radius 1 is 1.31 bits per heavy atom. The van der Waals surface area contributed by atoms with Crippen molar-refractivity contribution in [1.29, 1.82) is 0 Å². The summed E-state index contributed by atoms with van der Waals surface area (Å²) < 4.78 is 5.08. The van der Waals surface area contributed by atoms with Gasteiger partial charge in [0.05, 0.1) is 0 Å². The van der Waals surface area contributed by atoms with E-state index in [1.165, 1.54) is 0 Å². The fourth-order valence-corrected chi connectivity index (χ4v) is 1.62. The van der Waals surface area contributed by atoms with Crippen LogP contribution in [0, 0.1) is 0 Å². The number of hydrogen-bond acceptors (Lipinski definition) is 3. The summed E-state index contributed by atoms with van der Waals surface area (Å²) in [6, 6.07) is 0. The molecule has 0 aliphatic carbocycles. The highest BCUT2D eigenvalue weighted by Crippen LogP contribution is 2.19. The summed E-state index contributed by atoms with van der Waals surface area (Å²) in [5, 5.41) is 8.54. The molecule has 0 bridgehead atoms. The number of ether oxygens (including phenoxy) is 1. The Kier molecular flexibility index (Phi) is 4.83. The van der Waals surface area contributed by atoms with Gasteiger partial charge in [-0.05, 0) is 25.7 Å². The first-order valence-electron chi connectivity index (χ1n) is 5.13. The van der Waals surface area contributed by atoms with Crippen LogP contribution in [-0.2, 0) is 9.53 Å². The highest BCUT2D eigenvalue weighted by molar-refractivity contribution is 5.71. The molecule has 3 heteroatoms. The molecular formula is C10H18O3. The van der Waals surface area contributed by atoms with E-state index in [1.54, 1.807) is 0 Å². The third-order valence-corrected chi connectivity index (χ3v) is 2.40. The van der Waals surface area contributed by atoms with Crippen molar-refractivity contribution >= 4 is 5.97 Å². The van der Waals surface area contributed by atoms with Gasteiger partial charge in [0.2, 0.25) is 0 Å². The molecule has 13 heavy (non-hydrogen) atoms. The van der Waals surface area contributed by atoms with Crippen LogP contribution in [0.4, 0.5) is 0 Å². The van der Waals surface area contributed by atoms with E-state index in [0.717, 1.165) is 38.5 Å². The molecule has 0 saturated carbocycles. The first kappa shape index (κ1) is 10.5. The molecule has 0 radical (unpaired) electrons. The Morgan fingerprint density at radius 3 is 2.69 bits per heavy atom. The molecule has 0 spiro atoms.